The van der Waals surface area contributed by atoms with E-state index in [-0.39, 0.29) is 0 Å². The number of hydrogen-bond donors (Lipinski definition) is 2. The summed E-state index contributed by atoms with van der Waals surface area (Å²) in [7, 11) is 0. The van der Waals surface area contributed by atoms with E-state index in [1.807, 2.05) is 24.3 Å². The van der Waals surface area contributed by atoms with Crippen LogP contribution < -0.4 is 5.32 Å². The minimum atomic E-state index is -0.489. The summed E-state index contributed by atoms with van der Waals surface area (Å²) < 4.78 is 0. The molecule has 0 unspecified atom stereocenters. The van der Waals surface area contributed by atoms with Gasteiger partial charge in [0.15, 0.2) is 0 Å². The summed E-state index contributed by atoms with van der Waals surface area (Å²) in [5.74, 6) is 0. The molecule has 100 valence electrons. The van der Waals surface area contributed by atoms with Gasteiger partial charge >= 0.3 is 0 Å². The normalized spacial score (nSPS) is 17.9. The molecular weight excluding hydrogens is 236 g/mol. The highest BCUT2D eigenvalue weighted by Crippen LogP contribution is 2.28. The van der Waals surface area contributed by atoms with Crippen molar-refractivity contribution in [2.24, 2.45) is 0 Å². The zero-order chi connectivity index (χ0) is 13.1. The first-order valence-corrected chi connectivity index (χ1v) is 7.03. The largest absolute Gasteiger partial charge is 0.389 e. The molecule has 2 N–H and O–H groups in total. The van der Waals surface area contributed by atoms with Crippen LogP contribution in [0.2, 0.25) is 0 Å². The van der Waals surface area contributed by atoms with E-state index < -0.39 is 5.60 Å². The van der Waals surface area contributed by atoms with Crippen molar-refractivity contribution in [1.82, 2.24) is 10.3 Å². The quantitative estimate of drug-likeness (QED) is 0.884. The average molecular weight is 256 g/mol. The molecule has 0 bridgehead atoms. The highest BCUT2D eigenvalue weighted by Gasteiger charge is 2.30. The second-order valence-corrected chi connectivity index (χ2v) is 5.53. The van der Waals surface area contributed by atoms with Gasteiger partial charge in [-0.1, -0.05) is 37.1 Å². The summed E-state index contributed by atoms with van der Waals surface area (Å²) in [4.78, 5) is 4.62. The molecular formula is C16H20N2O. The van der Waals surface area contributed by atoms with Crippen LogP contribution in [0.4, 0.5) is 0 Å². The number of nitrogens with zero attached hydrogens (tertiary/aromatic N) is 1. The van der Waals surface area contributed by atoms with Crippen LogP contribution in [0.5, 0.6) is 0 Å². The van der Waals surface area contributed by atoms with Crippen molar-refractivity contribution in [2.75, 3.05) is 6.54 Å². The third-order valence-electron chi connectivity index (χ3n) is 3.95. The minimum Gasteiger partial charge on any atom is -0.389 e. The minimum absolute atomic E-state index is 0.489. The molecule has 1 aromatic heterocycles. The SMILES string of the molecule is OC1(CNCc2ccc3ccccc3n2)CCCC1. The highest BCUT2D eigenvalue weighted by molar-refractivity contribution is 5.78. The third kappa shape index (κ3) is 2.94. The lowest BCUT2D eigenvalue weighted by molar-refractivity contribution is 0.0474. The number of fused-ring (bicyclic) bond motifs is 1. The Hall–Kier alpha value is -1.45. The first-order valence-electron chi connectivity index (χ1n) is 7.03. The summed E-state index contributed by atoms with van der Waals surface area (Å²) in [5, 5.41) is 14.8. The van der Waals surface area contributed by atoms with E-state index in [0.717, 1.165) is 36.9 Å². The van der Waals surface area contributed by atoms with Gasteiger partial charge < -0.3 is 10.4 Å². The fourth-order valence-electron chi connectivity index (χ4n) is 2.84. The smallest absolute Gasteiger partial charge is 0.0771 e. The molecule has 0 saturated heterocycles. The zero-order valence-corrected chi connectivity index (χ0v) is 11.1. The molecule has 1 aromatic carbocycles. The lowest BCUT2D eigenvalue weighted by Gasteiger charge is -2.22. The number of aliphatic hydroxyl groups is 1. The maximum Gasteiger partial charge on any atom is 0.0771 e. The maximum absolute atomic E-state index is 10.3. The van der Waals surface area contributed by atoms with E-state index in [1.165, 1.54) is 5.39 Å². The number of hydrogen-bond acceptors (Lipinski definition) is 3. The summed E-state index contributed by atoms with van der Waals surface area (Å²) in [5.41, 5.74) is 1.57. The van der Waals surface area contributed by atoms with Crippen molar-refractivity contribution >= 4 is 10.9 Å². The fourth-order valence-corrected chi connectivity index (χ4v) is 2.84. The van der Waals surface area contributed by atoms with E-state index in [0.29, 0.717) is 13.1 Å². The number of para-hydroxylation sites is 1. The van der Waals surface area contributed by atoms with E-state index in [4.69, 9.17) is 0 Å². The molecule has 0 amide bonds. The topological polar surface area (TPSA) is 45.1 Å². The van der Waals surface area contributed by atoms with E-state index in [1.54, 1.807) is 0 Å². The van der Waals surface area contributed by atoms with Crippen LogP contribution in [0, 0.1) is 0 Å². The van der Waals surface area contributed by atoms with Crippen molar-refractivity contribution < 1.29 is 5.11 Å². The summed E-state index contributed by atoms with van der Waals surface area (Å²) in [6.07, 6.45) is 4.13. The second kappa shape index (κ2) is 5.27. The maximum atomic E-state index is 10.3. The first-order chi connectivity index (χ1) is 9.25. The average Bonchev–Trinajstić information content (AvgIpc) is 2.86. The summed E-state index contributed by atoms with van der Waals surface area (Å²) in [6, 6.07) is 12.3. The van der Waals surface area contributed by atoms with Crippen LogP contribution in [0.25, 0.3) is 10.9 Å². The molecule has 1 saturated carbocycles. The zero-order valence-electron chi connectivity index (χ0n) is 11.1. The van der Waals surface area contributed by atoms with E-state index >= 15 is 0 Å². The Morgan fingerprint density at radius 2 is 1.89 bits per heavy atom. The molecule has 3 rings (SSSR count). The number of nitrogens with one attached hydrogen (secondary N) is 1. The lowest BCUT2D eigenvalue weighted by Crippen LogP contribution is -2.37. The molecule has 0 spiro atoms. The van der Waals surface area contributed by atoms with Crippen LogP contribution in [-0.4, -0.2) is 22.2 Å². The first kappa shape index (κ1) is 12.6. The Kier molecular flexibility index (Phi) is 3.49. The predicted octanol–water partition coefficient (Wildman–Crippen LogP) is 2.63. The van der Waals surface area contributed by atoms with Crippen LogP contribution >= 0.6 is 0 Å². The van der Waals surface area contributed by atoms with Gasteiger partial charge in [-0.15, -0.1) is 0 Å². The second-order valence-electron chi connectivity index (χ2n) is 5.53. The van der Waals surface area contributed by atoms with Gasteiger partial charge in [0.1, 0.15) is 0 Å². The van der Waals surface area contributed by atoms with Gasteiger partial charge in [0.2, 0.25) is 0 Å². The molecule has 1 fully saturated rings. The fraction of sp³-hybridized carbons (Fsp3) is 0.438. The van der Waals surface area contributed by atoms with Crippen molar-refractivity contribution in [1.29, 1.82) is 0 Å². The highest BCUT2D eigenvalue weighted by atomic mass is 16.3. The van der Waals surface area contributed by atoms with Gasteiger partial charge in [-0.25, -0.2) is 0 Å². The van der Waals surface area contributed by atoms with Gasteiger partial charge in [0, 0.05) is 18.5 Å². The van der Waals surface area contributed by atoms with Crippen LogP contribution in [0.3, 0.4) is 0 Å². The van der Waals surface area contributed by atoms with Crippen molar-refractivity contribution in [3.05, 3.63) is 42.1 Å². The van der Waals surface area contributed by atoms with Crippen molar-refractivity contribution in [2.45, 2.75) is 37.8 Å². The monoisotopic (exact) mass is 256 g/mol. The Morgan fingerprint density at radius 1 is 1.11 bits per heavy atom. The van der Waals surface area contributed by atoms with Gasteiger partial charge in [0.25, 0.3) is 0 Å². The van der Waals surface area contributed by atoms with Gasteiger partial charge in [-0.2, -0.15) is 0 Å². The number of aromatic nitrogens is 1. The Bertz CT molecular complexity index is 561. The number of rotatable bonds is 4. The molecule has 1 heterocycles. The molecule has 0 atom stereocenters. The number of pyridine rings is 1. The van der Waals surface area contributed by atoms with Gasteiger partial charge in [-0.3, -0.25) is 4.98 Å². The van der Waals surface area contributed by atoms with Crippen molar-refractivity contribution in [3.8, 4) is 0 Å². The molecule has 19 heavy (non-hydrogen) atoms. The number of benzene rings is 1. The lowest BCUT2D eigenvalue weighted by atomic mass is 10.0. The van der Waals surface area contributed by atoms with Gasteiger partial charge in [0.05, 0.1) is 16.8 Å². The molecule has 1 aliphatic carbocycles. The predicted molar refractivity (Wildman–Crippen MR) is 76.9 cm³/mol. The van der Waals surface area contributed by atoms with Crippen molar-refractivity contribution in [3.63, 3.8) is 0 Å². The third-order valence-corrected chi connectivity index (χ3v) is 3.95. The molecule has 3 nitrogen and oxygen atoms in total. The molecule has 1 aliphatic rings. The molecule has 0 aliphatic heterocycles. The Morgan fingerprint density at radius 3 is 2.74 bits per heavy atom. The van der Waals surface area contributed by atoms with Crippen LogP contribution in [0.1, 0.15) is 31.4 Å². The van der Waals surface area contributed by atoms with Gasteiger partial charge in [-0.05, 0) is 25.0 Å². The molecule has 3 heteroatoms. The molecule has 2 aromatic rings. The summed E-state index contributed by atoms with van der Waals surface area (Å²) >= 11 is 0. The summed E-state index contributed by atoms with van der Waals surface area (Å²) in [6.45, 7) is 1.38. The van der Waals surface area contributed by atoms with Crippen LogP contribution in [-0.2, 0) is 6.54 Å². The van der Waals surface area contributed by atoms with E-state index in [2.05, 4.69) is 22.4 Å². The van der Waals surface area contributed by atoms with E-state index in [9.17, 15) is 5.11 Å². The molecule has 0 radical (unpaired) electrons. The Labute approximate surface area is 113 Å². The Balaban J connectivity index is 1.62. The van der Waals surface area contributed by atoms with Crippen LogP contribution in [0.15, 0.2) is 36.4 Å². The standard InChI is InChI=1S/C16H20N2O/c19-16(9-3-4-10-16)12-17-11-14-8-7-13-5-1-2-6-15(13)18-14/h1-2,5-8,17,19H,3-4,9-12H2.